The van der Waals surface area contributed by atoms with Crippen LogP contribution in [0.2, 0.25) is 0 Å². The first kappa shape index (κ1) is 21.6. The maximum absolute atomic E-state index is 12.7. The minimum Gasteiger partial charge on any atom is -0.341 e. The molecular formula is C22H23N5O4S. The van der Waals surface area contributed by atoms with Gasteiger partial charge in [-0.3, -0.25) is 9.69 Å². The molecule has 166 valence electrons. The number of aryl methyl sites for hydroxylation is 1. The first-order chi connectivity index (χ1) is 15.3. The number of fused-ring (bicyclic) bond motifs is 1. The molecular weight excluding hydrogens is 430 g/mol. The Morgan fingerprint density at radius 2 is 1.81 bits per heavy atom. The highest BCUT2D eigenvalue weighted by Gasteiger charge is 2.22. The van der Waals surface area contributed by atoms with Crippen molar-refractivity contribution in [3.05, 3.63) is 66.0 Å². The average Bonchev–Trinajstić information content (AvgIpc) is 3.29. The van der Waals surface area contributed by atoms with Gasteiger partial charge in [0.05, 0.1) is 24.3 Å². The van der Waals surface area contributed by atoms with E-state index in [1.54, 1.807) is 36.2 Å². The monoisotopic (exact) mass is 453 g/mol. The van der Waals surface area contributed by atoms with Gasteiger partial charge in [0.1, 0.15) is 0 Å². The summed E-state index contributed by atoms with van der Waals surface area (Å²) in [4.78, 5) is 26.6. The highest BCUT2D eigenvalue weighted by molar-refractivity contribution is 7.89. The van der Waals surface area contributed by atoms with Crippen LogP contribution in [0.4, 0.5) is 16.2 Å². The summed E-state index contributed by atoms with van der Waals surface area (Å²) in [5.41, 5.74) is 4.29. The van der Waals surface area contributed by atoms with Gasteiger partial charge in [0, 0.05) is 30.4 Å². The van der Waals surface area contributed by atoms with E-state index in [9.17, 15) is 18.0 Å². The zero-order chi connectivity index (χ0) is 22.9. The van der Waals surface area contributed by atoms with Crippen LogP contribution in [-0.4, -0.2) is 49.4 Å². The Morgan fingerprint density at radius 3 is 2.47 bits per heavy atom. The van der Waals surface area contributed by atoms with E-state index in [0.717, 1.165) is 40.0 Å². The van der Waals surface area contributed by atoms with Gasteiger partial charge in [-0.1, -0.05) is 18.2 Å². The fourth-order valence-corrected chi connectivity index (χ4v) is 4.17. The Bertz CT molecular complexity index is 1280. The molecule has 0 aliphatic carbocycles. The number of nitrogens with one attached hydrogen (secondary N) is 2. The summed E-state index contributed by atoms with van der Waals surface area (Å²) >= 11 is 0. The molecule has 1 aromatic heterocycles. The molecule has 0 saturated carbocycles. The van der Waals surface area contributed by atoms with Crippen molar-refractivity contribution in [3.8, 4) is 11.1 Å². The maximum Gasteiger partial charge on any atom is 0.321 e. The number of carbonyl (C=O) groups excluding carboxylic acids is 2. The van der Waals surface area contributed by atoms with Crippen molar-refractivity contribution >= 4 is 33.3 Å². The van der Waals surface area contributed by atoms with Crippen LogP contribution >= 0.6 is 0 Å². The van der Waals surface area contributed by atoms with Crippen molar-refractivity contribution in [2.24, 2.45) is 0 Å². The van der Waals surface area contributed by atoms with E-state index in [1.807, 2.05) is 18.2 Å². The third-order valence-corrected chi connectivity index (χ3v) is 6.18. The lowest BCUT2D eigenvalue weighted by Gasteiger charge is -2.29. The minimum absolute atomic E-state index is 0.177. The SMILES string of the molecule is CNC(=O)N1CCCc2ccc(NC(=O)c3ccc(-c4cnn(S(C)(=O)=O)c4)cc3)cc21. The van der Waals surface area contributed by atoms with Crippen LogP contribution in [0.1, 0.15) is 22.3 Å². The normalized spacial score (nSPS) is 13.4. The van der Waals surface area contributed by atoms with Gasteiger partial charge in [0.15, 0.2) is 0 Å². The van der Waals surface area contributed by atoms with E-state index in [0.29, 0.717) is 23.4 Å². The number of amides is 3. The molecule has 0 fully saturated rings. The van der Waals surface area contributed by atoms with Crippen molar-refractivity contribution in [1.82, 2.24) is 14.5 Å². The number of hydrogen-bond acceptors (Lipinski definition) is 5. The Kier molecular flexibility index (Phi) is 5.70. The summed E-state index contributed by atoms with van der Waals surface area (Å²) in [6, 6.07) is 12.2. The van der Waals surface area contributed by atoms with Gasteiger partial charge in [-0.2, -0.15) is 9.19 Å². The van der Waals surface area contributed by atoms with Crippen LogP contribution in [0.5, 0.6) is 0 Å². The zero-order valence-corrected chi connectivity index (χ0v) is 18.5. The number of hydrogen-bond donors (Lipinski definition) is 2. The maximum atomic E-state index is 12.7. The largest absolute Gasteiger partial charge is 0.341 e. The topological polar surface area (TPSA) is 113 Å². The fraction of sp³-hybridized carbons (Fsp3) is 0.227. The molecule has 4 rings (SSSR count). The number of nitrogens with zero attached hydrogens (tertiary/aromatic N) is 3. The Labute approximate surface area is 186 Å². The lowest BCUT2D eigenvalue weighted by atomic mass is 10.0. The molecule has 0 saturated heterocycles. The smallest absolute Gasteiger partial charge is 0.321 e. The van der Waals surface area contributed by atoms with Crippen LogP contribution in [0, 0.1) is 0 Å². The quantitative estimate of drug-likeness (QED) is 0.631. The third-order valence-electron chi connectivity index (χ3n) is 5.30. The van der Waals surface area contributed by atoms with Crippen LogP contribution in [-0.2, 0) is 16.4 Å². The van der Waals surface area contributed by atoms with Crippen molar-refractivity contribution in [1.29, 1.82) is 0 Å². The van der Waals surface area contributed by atoms with E-state index >= 15 is 0 Å². The standard InChI is InChI=1S/C22H23N5O4S/c1-23-22(29)26-11-3-4-16-9-10-19(12-20(16)26)25-21(28)17-7-5-15(6-8-17)18-13-24-27(14-18)32(2,30)31/h5-10,12-14H,3-4,11H2,1-2H3,(H,23,29)(H,25,28). The van der Waals surface area contributed by atoms with Crippen LogP contribution in [0.3, 0.4) is 0 Å². The van der Waals surface area contributed by atoms with Gasteiger partial charge < -0.3 is 10.6 Å². The molecule has 9 nitrogen and oxygen atoms in total. The van der Waals surface area contributed by atoms with E-state index in [4.69, 9.17) is 0 Å². The van der Waals surface area contributed by atoms with Crippen molar-refractivity contribution in [2.75, 3.05) is 30.1 Å². The van der Waals surface area contributed by atoms with Gasteiger partial charge in [-0.25, -0.2) is 13.2 Å². The summed E-state index contributed by atoms with van der Waals surface area (Å²) in [6.45, 7) is 0.626. The van der Waals surface area contributed by atoms with Crippen LogP contribution in [0.25, 0.3) is 11.1 Å². The Hall–Kier alpha value is -3.66. The summed E-state index contributed by atoms with van der Waals surface area (Å²) in [7, 11) is -1.86. The molecule has 0 radical (unpaired) electrons. The molecule has 0 bridgehead atoms. The summed E-state index contributed by atoms with van der Waals surface area (Å²) in [5, 5.41) is 9.38. The Morgan fingerprint density at radius 1 is 1.06 bits per heavy atom. The Balaban J connectivity index is 1.51. The summed E-state index contributed by atoms with van der Waals surface area (Å²) < 4.78 is 24.1. The predicted octanol–water partition coefficient (Wildman–Crippen LogP) is 2.70. The fourth-order valence-electron chi connectivity index (χ4n) is 3.65. The number of benzene rings is 2. The molecule has 10 heteroatoms. The van der Waals surface area contributed by atoms with Gasteiger partial charge in [-0.15, -0.1) is 0 Å². The van der Waals surface area contributed by atoms with E-state index in [1.165, 1.54) is 12.4 Å². The van der Waals surface area contributed by atoms with E-state index < -0.39 is 10.0 Å². The molecule has 0 atom stereocenters. The number of rotatable bonds is 4. The highest BCUT2D eigenvalue weighted by atomic mass is 32.2. The van der Waals surface area contributed by atoms with Crippen molar-refractivity contribution < 1.29 is 18.0 Å². The van der Waals surface area contributed by atoms with Gasteiger partial charge in [-0.05, 0) is 48.2 Å². The predicted molar refractivity (Wildman–Crippen MR) is 122 cm³/mol. The van der Waals surface area contributed by atoms with Gasteiger partial charge in [0.25, 0.3) is 15.9 Å². The van der Waals surface area contributed by atoms with Crippen molar-refractivity contribution in [2.45, 2.75) is 12.8 Å². The molecule has 2 aromatic carbocycles. The number of anilines is 2. The minimum atomic E-state index is -3.45. The highest BCUT2D eigenvalue weighted by Crippen LogP contribution is 2.30. The van der Waals surface area contributed by atoms with Crippen molar-refractivity contribution in [3.63, 3.8) is 0 Å². The summed E-state index contributed by atoms with van der Waals surface area (Å²) in [6.07, 6.45) is 5.74. The number of carbonyl (C=O) groups is 2. The molecule has 0 spiro atoms. The molecule has 2 N–H and O–H groups in total. The molecule has 3 amide bonds. The second-order valence-corrected chi connectivity index (χ2v) is 9.39. The third kappa shape index (κ3) is 4.35. The number of urea groups is 1. The first-order valence-corrected chi connectivity index (χ1v) is 11.9. The zero-order valence-electron chi connectivity index (χ0n) is 17.7. The summed E-state index contributed by atoms with van der Waals surface area (Å²) in [5.74, 6) is -0.286. The lowest BCUT2D eigenvalue weighted by molar-refractivity contribution is 0.102. The molecule has 2 heterocycles. The van der Waals surface area contributed by atoms with E-state index in [-0.39, 0.29) is 11.9 Å². The van der Waals surface area contributed by atoms with Crippen LogP contribution < -0.4 is 15.5 Å². The molecule has 1 aliphatic heterocycles. The molecule has 1 aliphatic rings. The van der Waals surface area contributed by atoms with E-state index in [2.05, 4.69) is 15.7 Å². The van der Waals surface area contributed by atoms with Gasteiger partial charge >= 0.3 is 6.03 Å². The molecule has 32 heavy (non-hydrogen) atoms. The average molecular weight is 454 g/mol. The first-order valence-electron chi connectivity index (χ1n) is 10.1. The molecule has 3 aromatic rings. The second kappa shape index (κ2) is 8.46. The molecule has 0 unspecified atom stereocenters. The van der Waals surface area contributed by atoms with Gasteiger partial charge in [0.2, 0.25) is 0 Å². The number of aromatic nitrogens is 2. The lowest BCUT2D eigenvalue weighted by Crippen LogP contribution is -2.41. The van der Waals surface area contributed by atoms with Crippen LogP contribution in [0.15, 0.2) is 54.9 Å². The second-order valence-electron chi connectivity index (χ2n) is 7.55.